The summed E-state index contributed by atoms with van der Waals surface area (Å²) in [4.78, 5) is 0.767. The standard InChI is InChI=1S/C7H7BBrClO2S/c1-13-7-3-6(10)5(9)2-4(7)8(11)12/h2-3,11-12H,1H3. The van der Waals surface area contributed by atoms with Crippen LogP contribution >= 0.6 is 39.3 Å². The van der Waals surface area contributed by atoms with Crippen LogP contribution in [0.5, 0.6) is 0 Å². The lowest BCUT2D eigenvalue weighted by Gasteiger charge is -2.07. The summed E-state index contributed by atoms with van der Waals surface area (Å²) in [6.07, 6.45) is 1.85. The predicted molar refractivity (Wildman–Crippen MR) is 60.8 cm³/mol. The second-order valence-corrected chi connectivity index (χ2v) is 4.49. The van der Waals surface area contributed by atoms with E-state index in [1.54, 1.807) is 12.1 Å². The molecule has 0 spiro atoms. The van der Waals surface area contributed by atoms with Gasteiger partial charge in [-0.2, -0.15) is 0 Å². The number of benzene rings is 1. The molecule has 0 atom stereocenters. The highest BCUT2D eigenvalue weighted by Gasteiger charge is 2.17. The van der Waals surface area contributed by atoms with Gasteiger partial charge < -0.3 is 10.0 Å². The van der Waals surface area contributed by atoms with Crippen LogP contribution in [0.2, 0.25) is 5.02 Å². The molecule has 0 aliphatic carbocycles. The highest BCUT2D eigenvalue weighted by atomic mass is 79.9. The quantitative estimate of drug-likeness (QED) is 0.637. The molecule has 0 aliphatic heterocycles. The van der Waals surface area contributed by atoms with Gasteiger partial charge in [-0.25, -0.2) is 0 Å². The fourth-order valence-electron chi connectivity index (χ4n) is 0.923. The fraction of sp³-hybridized carbons (Fsp3) is 0.143. The Morgan fingerprint density at radius 1 is 1.46 bits per heavy atom. The Morgan fingerprint density at radius 2 is 2.08 bits per heavy atom. The van der Waals surface area contributed by atoms with Gasteiger partial charge in [0.1, 0.15) is 0 Å². The predicted octanol–water partition coefficient (Wildman–Crippen LogP) is 1.50. The molecule has 0 saturated heterocycles. The van der Waals surface area contributed by atoms with Crippen LogP contribution in [0.25, 0.3) is 0 Å². The third-order valence-corrected chi connectivity index (χ3v) is 3.54. The Hall–Kier alpha value is 0.325. The summed E-state index contributed by atoms with van der Waals surface area (Å²) in [5, 5.41) is 18.6. The lowest BCUT2D eigenvalue weighted by Crippen LogP contribution is -2.31. The van der Waals surface area contributed by atoms with Crippen LogP contribution in [0.3, 0.4) is 0 Å². The number of rotatable bonds is 2. The van der Waals surface area contributed by atoms with Gasteiger partial charge in [0.25, 0.3) is 0 Å². The van der Waals surface area contributed by atoms with Crippen molar-refractivity contribution in [3.8, 4) is 0 Å². The van der Waals surface area contributed by atoms with Gasteiger partial charge in [0.05, 0.1) is 5.02 Å². The van der Waals surface area contributed by atoms with E-state index in [1.165, 1.54) is 11.8 Å². The maximum Gasteiger partial charge on any atom is 0.489 e. The fourth-order valence-corrected chi connectivity index (χ4v) is 2.15. The first kappa shape index (κ1) is 11.4. The van der Waals surface area contributed by atoms with Crippen molar-refractivity contribution in [2.75, 3.05) is 6.26 Å². The molecule has 1 aromatic rings. The van der Waals surface area contributed by atoms with Crippen molar-refractivity contribution in [1.82, 2.24) is 0 Å². The second kappa shape index (κ2) is 4.71. The molecule has 0 bridgehead atoms. The van der Waals surface area contributed by atoms with Crippen molar-refractivity contribution in [2.45, 2.75) is 4.90 Å². The average Bonchev–Trinajstić information content (AvgIpc) is 2.08. The van der Waals surface area contributed by atoms with Crippen LogP contribution in [0.15, 0.2) is 21.5 Å². The monoisotopic (exact) mass is 280 g/mol. The number of hydrogen-bond acceptors (Lipinski definition) is 3. The van der Waals surface area contributed by atoms with Gasteiger partial charge in [0, 0.05) is 9.37 Å². The molecule has 0 unspecified atom stereocenters. The molecule has 0 saturated carbocycles. The Balaban J connectivity index is 3.25. The Kier molecular flexibility index (Phi) is 4.13. The largest absolute Gasteiger partial charge is 0.489 e. The topological polar surface area (TPSA) is 40.5 Å². The molecule has 2 N–H and O–H groups in total. The van der Waals surface area contributed by atoms with E-state index < -0.39 is 7.12 Å². The SMILES string of the molecule is CSc1cc(Cl)c(Br)cc1B(O)O. The Labute approximate surface area is 94.6 Å². The zero-order valence-electron chi connectivity index (χ0n) is 6.79. The van der Waals surface area contributed by atoms with Crippen molar-refractivity contribution < 1.29 is 10.0 Å². The number of halogens is 2. The highest BCUT2D eigenvalue weighted by molar-refractivity contribution is 9.10. The third kappa shape index (κ3) is 2.64. The van der Waals surface area contributed by atoms with Crippen LogP contribution in [-0.2, 0) is 0 Å². The second-order valence-electron chi connectivity index (χ2n) is 2.38. The molecule has 0 fully saturated rings. The first-order chi connectivity index (χ1) is 6.06. The normalized spacial score (nSPS) is 10.2. The summed E-state index contributed by atoms with van der Waals surface area (Å²) < 4.78 is 0.662. The maximum atomic E-state index is 9.03. The highest BCUT2D eigenvalue weighted by Crippen LogP contribution is 2.25. The van der Waals surface area contributed by atoms with E-state index in [1.807, 2.05) is 6.26 Å². The van der Waals surface area contributed by atoms with E-state index in [9.17, 15) is 0 Å². The van der Waals surface area contributed by atoms with E-state index in [0.717, 1.165) is 4.90 Å². The van der Waals surface area contributed by atoms with Crippen LogP contribution in [0.4, 0.5) is 0 Å². The van der Waals surface area contributed by atoms with Crippen molar-refractivity contribution in [3.05, 3.63) is 21.6 Å². The summed E-state index contributed by atoms with van der Waals surface area (Å²) in [5.74, 6) is 0. The van der Waals surface area contributed by atoms with Gasteiger partial charge in [0.15, 0.2) is 0 Å². The zero-order chi connectivity index (χ0) is 10.0. The minimum atomic E-state index is -1.46. The van der Waals surface area contributed by atoms with Crippen molar-refractivity contribution in [3.63, 3.8) is 0 Å². The van der Waals surface area contributed by atoms with Crippen molar-refractivity contribution >= 4 is 51.9 Å². The molecular formula is C7H7BBrClO2S. The van der Waals surface area contributed by atoms with Gasteiger partial charge >= 0.3 is 7.12 Å². The minimum absolute atomic E-state index is 0.462. The van der Waals surface area contributed by atoms with E-state index in [2.05, 4.69) is 15.9 Å². The van der Waals surface area contributed by atoms with Gasteiger partial charge in [-0.1, -0.05) is 11.6 Å². The van der Waals surface area contributed by atoms with E-state index >= 15 is 0 Å². The Morgan fingerprint density at radius 3 is 2.54 bits per heavy atom. The lowest BCUT2D eigenvalue weighted by atomic mass is 9.80. The van der Waals surface area contributed by atoms with Gasteiger partial charge in [-0.3, -0.25) is 0 Å². The number of thioether (sulfide) groups is 1. The first-order valence-electron chi connectivity index (χ1n) is 3.45. The first-order valence-corrected chi connectivity index (χ1v) is 5.85. The summed E-state index contributed by atoms with van der Waals surface area (Å²) in [5.41, 5.74) is 0.462. The molecule has 0 aliphatic rings. The van der Waals surface area contributed by atoms with Gasteiger partial charge in [0.2, 0.25) is 0 Å². The Bertz CT molecular complexity index is 322. The van der Waals surface area contributed by atoms with Crippen molar-refractivity contribution in [1.29, 1.82) is 0 Å². The molecular weight excluding hydrogens is 274 g/mol. The lowest BCUT2D eigenvalue weighted by molar-refractivity contribution is 0.425. The van der Waals surface area contributed by atoms with E-state index in [0.29, 0.717) is 15.0 Å². The molecule has 0 amide bonds. The molecule has 13 heavy (non-hydrogen) atoms. The van der Waals surface area contributed by atoms with E-state index in [4.69, 9.17) is 21.6 Å². The smallest absolute Gasteiger partial charge is 0.423 e. The van der Waals surface area contributed by atoms with Crippen molar-refractivity contribution in [2.24, 2.45) is 0 Å². The maximum absolute atomic E-state index is 9.03. The zero-order valence-corrected chi connectivity index (χ0v) is 9.95. The summed E-state index contributed by atoms with van der Waals surface area (Å²) >= 11 is 10.5. The summed E-state index contributed by atoms with van der Waals surface area (Å²) in [6, 6.07) is 3.31. The molecule has 6 heteroatoms. The van der Waals surface area contributed by atoms with Crippen LogP contribution in [0, 0.1) is 0 Å². The molecule has 0 aromatic heterocycles. The minimum Gasteiger partial charge on any atom is -0.423 e. The average molecular weight is 281 g/mol. The summed E-state index contributed by atoms with van der Waals surface area (Å²) in [6.45, 7) is 0. The molecule has 70 valence electrons. The summed E-state index contributed by atoms with van der Waals surface area (Å²) in [7, 11) is -1.46. The molecule has 1 rings (SSSR count). The molecule has 0 radical (unpaired) electrons. The third-order valence-electron chi connectivity index (χ3n) is 1.55. The van der Waals surface area contributed by atoms with Crippen LogP contribution in [0.1, 0.15) is 0 Å². The molecule has 0 heterocycles. The van der Waals surface area contributed by atoms with E-state index in [-0.39, 0.29) is 0 Å². The molecule has 2 nitrogen and oxygen atoms in total. The van der Waals surface area contributed by atoms with Gasteiger partial charge in [-0.05, 0) is 39.8 Å². The van der Waals surface area contributed by atoms with Gasteiger partial charge in [-0.15, -0.1) is 11.8 Å². The van der Waals surface area contributed by atoms with Crippen LogP contribution < -0.4 is 5.46 Å². The molecule has 1 aromatic carbocycles. The van der Waals surface area contributed by atoms with Crippen LogP contribution in [-0.4, -0.2) is 23.4 Å². The number of hydrogen-bond donors (Lipinski definition) is 2.